The zero-order valence-corrected chi connectivity index (χ0v) is 8.55. The van der Waals surface area contributed by atoms with E-state index in [0.29, 0.717) is 6.54 Å². The minimum atomic E-state index is 0.268. The van der Waals surface area contributed by atoms with E-state index in [1.54, 1.807) is 0 Å². The van der Waals surface area contributed by atoms with Crippen LogP contribution in [0.15, 0.2) is 0 Å². The molecule has 1 heterocycles. The van der Waals surface area contributed by atoms with Gasteiger partial charge in [0, 0.05) is 32.7 Å². The second-order valence-corrected chi connectivity index (χ2v) is 3.35. The minimum absolute atomic E-state index is 0.268. The van der Waals surface area contributed by atoms with Gasteiger partial charge < -0.3 is 10.2 Å². The molecule has 0 aromatic rings. The van der Waals surface area contributed by atoms with Crippen LogP contribution in [-0.2, 0) is 4.79 Å². The van der Waals surface area contributed by atoms with Gasteiger partial charge in [0.25, 0.3) is 0 Å². The lowest BCUT2D eigenvalue weighted by molar-refractivity contribution is -0.135. The number of piperazine rings is 1. The van der Waals surface area contributed by atoms with Gasteiger partial charge in [0.15, 0.2) is 0 Å². The molecule has 0 bridgehead atoms. The standard InChI is InChI=1S/C9H19N3O/c1-3-12-7-6-11(5-4-10-2)8-9(12)13/h10H,3-8H2,1-2H3. The molecule has 1 N–H and O–H groups in total. The zero-order valence-electron chi connectivity index (χ0n) is 8.55. The highest BCUT2D eigenvalue weighted by molar-refractivity contribution is 5.78. The molecule has 1 rings (SSSR count). The molecule has 1 aliphatic rings. The van der Waals surface area contributed by atoms with Crippen molar-refractivity contribution in [3.05, 3.63) is 0 Å². The lowest BCUT2D eigenvalue weighted by Gasteiger charge is -2.33. The molecule has 0 aliphatic carbocycles. The summed E-state index contributed by atoms with van der Waals surface area (Å²) in [5, 5.41) is 3.09. The van der Waals surface area contributed by atoms with Gasteiger partial charge in [0.2, 0.25) is 5.91 Å². The van der Waals surface area contributed by atoms with Crippen LogP contribution in [0.1, 0.15) is 6.92 Å². The maximum absolute atomic E-state index is 11.5. The smallest absolute Gasteiger partial charge is 0.236 e. The summed E-state index contributed by atoms with van der Waals surface area (Å²) in [7, 11) is 1.93. The number of carbonyl (C=O) groups excluding carboxylic acids is 1. The predicted molar refractivity (Wildman–Crippen MR) is 52.6 cm³/mol. The predicted octanol–water partition coefficient (Wildman–Crippen LogP) is -0.630. The van der Waals surface area contributed by atoms with Crippen LogP contribution >= 0.6 is 0 Å². The van der Waals surface area contributed by atoms with E-state index in [2.05, 4.69) is 10.2 Å². The van der Waals surface area contributed by atoms with Crippen molar-refractivity contribution in [2.75, 3.05) is 46.3 Å². The van der Waals surface area contributed by atoms with Crippen molar-refractivity contribution < 1.29 is 4.79 Å². The van der Waals surface area contributed by atoms with Crippen LogP contribution in [0.25, 0.3) is 0 Å². The first-order valence-corrected chi connectivity index (χ1v) is 4.92. The maximum atomic E-state index is 11.5. The van der Waals surface area contributed by atoms with Crippen LogP contribution in [-0.4, -0.2) is 62.0 Å². The number of hydrogen-bond donors (Lipinski definition) is 1. The summed E-state index contributed by atoms with van der Waals surface area (Å²) >= 11 is 0. The molecule has 76 valence electrons. The van der Waals surface area contributed by atoms with Gasteiger partial charge in [0.1, 0.15) is 0 Å². The summed E-state index contributed by atoms with van der Waals surface area (Å²) in [6.07, 6.45) is 0. The third kappa shape index (κ3) is 2.97. The van der Waals surface area contributed by atoms with Gasteiger partial charge in [-0.2, -0.15) is 0 Å². The first-order valence-electron chi connectivity index (χ1n) is 4.92. The van der Waals surface area contributed by atoms with Gasteiger partial charge in [0.05, 0.1) is 6.54 Å². The molecule has 1 saturated heterocycles. The van der Waals surface area contributed by atoms with Crippen molar-refractivity contribution >= 4 is 5.91 Å². The van der Waals surface area contributed by atoms with E-state index in [1.165, 1.54) is 0 Å². The fourth-order valence-corrected chi connectivity index (χ4v) is 1.55. The van der Waals surface area contributed by atoms with Gasteiger partial charge in [-0.1, -0.05) is 0 Å². The van der Waals surface area contributed by atoms with E-state index in [4.69, 9.17) is 0 Å². The molecule has 0 saturated carbocycles. The number of nitrogens with one attached hydrogen (secondary N) is 1. The van der Waals surface area contributed by atoms with E-state index in [-0.39, 0.29) is 5.91 Å². The molecule has 0 radical (unpaired) electrons. The van der Waals surface area contributed by atoms with Crippen LogP contribution < -0.4 is 5.32 Å². The van der Waals surface area contributed by atoms with Crippen molar-refractivity contribution in [2.45, 2.75) is 6.92 Å². The Balaban J connectivity index is 2.28. The highest BCUT2D eigenvalue weighted by Gasteiger charge is 2.21. The Morgan fingerprint density at radius 3 is 2.77 bits per heavy atom. The van der Waals surface area contributed by atoms with Crippen LogP contribution in [0.2, 0.25) is 0 Å². The molecular formula is C9H19N3O. The zero-order chi connectivity index (χ0) is 9.68. The Morgan fingerprint density at radius 1 is 1.46 bits per heavy atom. The average Bonchev–Trinajstić information content (AvgIpc) is 2.15. The minimum Gasteiger partial charge on any atom is -0.341 e. The molecule has 1 aliphatic heterocycles. The van der Waals surface area contributed by atoms with Crippen molar-refractivity contribution in [3.8, 4) is 0 Å². The monoisotopic (exact) mass is 185 g/mol. The number of amides is 1. The highest BCUT2D eigenvalue weighted by atomic mass is 16.2. The molecule has 0 aromatic heterocycles. The lowest BCUT2D eigenvalue weighted by Crippen LogP contribution is -2.51. The van der Waals surface area contributed by atoms with E-state index in [0.717, 1.165) is 32.7 Å². The third-order valence-electron chi connectivity index (χ3n) is 2.46. The third-order valence-corrected chi connectivity index (χ3v) is 2.46. The molecular weight excluding hydrogens is 166 g/mol. The largest absolute Gasteiger partial charge is 0.341 e. The van der Waals surface area contributed by atoms with Gasteiger partial charge in [-0.25, -0.2) is 0 Å². The summed E-state index contributed by atoms with van der Waals surface area (Å²) in [5.41, 5.74) is 0. The molecule has 0 unspecified atom stereocenters. The van der Waals surface area contributed by atoms with E-state index < -0.39 is 0 Å². The molecule has 13 heavy (non-hydrogen) atoms. The molecule has 4 heteroatoms. The summed E-state index contributed by atoms with van der Waals surface area (Å²) in [6, 6.07) is 0. The normalized spacial score (nSPS) is 19.5. The molecule has 1 amide bonds. The van der Waals surface area contributed by atoms with Gasteiger partial charge in [-0.05, 0) is 14.0 Å². The van der Waals surface area contributed by atoms with Crippen molar-refractivity contribution in [1.82, 2.24) is 15.1 Å². The Bertz CT molecular complexity index is 172. The van der Waals surface area contributed by atoms with Crippen molar-refractivity contribution in [3.63, 3.8) is 0 Å². The SMILES string of the molecule is CCN1CCN(CCNC)CC1=O. The Labute approximate surface area is 79.9 Å². The Morgan fingerprint density at radius 2 is 2.23 bits per heavy atom. The van der Waals surface area contributed by atoms with Gasteiger partial charge in [-0.15, -0.1) is 0 Å². The molecule has 1 fully saturated rings. The van der Waals surface area contributed by atoms with E-state index >= 15 is 0 Å². The average molecular weight is 185 g/mol. The van der Waals surface area contributed by atoms with Crippen molar-refractivity contribution in [1.29, 1.82) is 0 Å². The Hall–Kier alpha value is -0.610. The van der Waals surface area contributed by atoms with Crippen LogP contribution in [0.5, 0.6) is 0 Å². The van der Waals surface area contributed by atoms with Crippen LogP contribution in [0.4, 0.5) is 0 Å². The van der Waals surface area contributed by atoms with Crippen LogP contribution in [0.3, 0.4) is 0 Å². The van der Waals surface area contributed by atoms with E-state index in [9.17, 15) is 4.79 Å². The molecule has 0 spiro atoms. The number of rotatable bonds is 4. The number of carbonyl (C=O) groups is 1. The second-order valence-electron chi connectivity index (χ2n) is 3.35. The summed E-state index contributed by atoms with van der Waals surface area (Å²) in [6.45, 7) is 7.30. The summed E-state index contributed by atoms with van der Waals surface area (Å²) < 4.78 is 0. The van der Waals surface area contributed by atoms with Gasteiger partial charge >= 0.3 is 0 Å². The second kappa shape index (κ2) is 5.19. The molecule has 0 aromatic carbocycles. The molecule has 4 nitrogen and oxygen atoms in total. The topological polar surface area (TPSA) is 35.6 Å². The number of hydrogen-bond acceptors (Lipinski definition) is 3. The number of nitrogens with zero attached hydrogens (tertiary/aromatic N) is 2. The first kappa shape index (κ1) is 10.5. The van der Waals surface area contributed by atoms with Crippen LogP contribution in [0, 0.1) is 0 Å². The Kier molecular flexibility index (Phi) is 4.18. The first-order chi connectivity index (χ1) is 6.27. The van der Waals surface area contributed by atoms with E-state index in [1.807, 2.05) is 18.9 Å². The lowest BCUT2D eigenvalue weighted by atomic mass is 10.3. The number of likely N-dealkylation sites (N-methyl/N-ethyl adjacent to an activating group) is 2. The van der Waals surface area contributed by atoms with Crippen molar-refractivity contribution in [2.24, 2.45) is 0 Å². The highest BCUT2D eigenvalue weighted by Crippen LogP contribution is 2.01. The molecule has 0 atom stereocenters. The fraction of sp³-hybridized carbons (Fsp3) is 0.889. The quantitative estimate of drug-likeness (QED) is 0.633. The summed E-state index contributed by atoms with van der Waals surface area (Å²) in [5.74, 6) is 0.268. The van der Waals surface area contributed by atoms with Gasteiger partial charge in [-0.3, -0.25) is 9.69 Å². The summed E-state index contributed by atoms with van der Waals surface area (Å²) in [4.78, 5) is 15.6. The fourth-order valence-electron chi connectivity index (χ4n) is 1.55. The maximum Gasteiger partial charge on any atom is 0.236 e.